The Bertz CT molecular complexity index is 1200. The van der Waals surface area contributed by atoms with E-state index in [9.17, 15) is 14.9 Å². The molecular formula is C19H18N6O4. The van der Waals surface area contributed by atoms with Crippen molar-refractivity contribution in [1.29, 1.82) is 5.26 Å². The highest BCUT2D eigenvalue weighted by Gasteiger charge is 2.34. The van der Waals surface area contributed by atoms with Gasteiger partial charge >= 0.3 is 5.69 Å². The summed E-state index contributed by atoms with van der Waals surface area (Å²) in [5.41, 5.74) is -0.520. The zero-order chi connectivity index (χ0) is 20.5. The molecule has 0 spiro atoms. The minimum atomic E-state index is -0.647. The maximum absolute atomic E-state index is 12.5. The second-order valence-electron chi connectivity index (χ2n) is 6.61. The number of benzene rings is 1. The van der Waals surface area contributed by atoms with Crippen LogP contribution in [0.15, 0.2) is 44.3 Å². The number of hydrogen-bond donors (Lipinski definition) is 0. The fraction of sp³-hybridized carbons (Fsp3) is 0.316. The first-order valence-electron chi connectivity index (χ1n) is 8.96. The van der Waals surface area contributed by atoms with Crippen molar-refractivity contribution in [1.82, 2.24) is 19.3 Å². The third kappa shape index (κ3) is 3.11. The first-order chi connectivity index (χ1) is 14.0. The lowest BCUT2D eigenvalue weighted by Crippen LogP contribution is -2.47. The molecule has 0 amide bonds. The van der Waals surface area contributed by atoms with E-state index in [2.05, 4.69) is 10.2 Å². The lowest BCUT2D eigenvalue weighted by molar-refractivity contribution is 0.0852. The van der Waals surface area contributed by atoms with Crippen molar-refractivity contribution in [3.05, 3.63) is 62.6 Å². The Morgan fingerprint density at radius 3 is 2.62 bits per heavy atom. The first-order valence-corrected chi connectivity index (χ1v) is 8.96. The summed E-state index contributed by atoms with van der Waals surface area (Å²) < 4.78 is 13.6. The van der Waals surface area contributed by atoms with E-state index < -0.39 is 17.3 Å². The Kier molecular flexibility index (Phi) is 4.74. The van der Waals surface area contributed by atoms with Crippen LogP contribution in [0.3, 0.4) is 0 Å². The molecule has 1 atom stereocenters. The van der Waals surface area contributed by atoms with Gasteiger partial charge in [-0.2, -0.15) is 5.26 Å². The number of nitriles is 1. The van der Waals surface area contributed by atoms with Gasteiger partial charge in [-0.3, -0.25) is 13.9 Å². The van der Waals surface area contributed by atoms with Crippen LogP contribution in [0.4, 0.5) is 5.82 Å². The van der Waals surface area contributed by atoms with Crippen molar-refractivity contribution in [2.45, 2.75) is 6.04 Å². The summed E-state index contributed by atoms with van der Waals surface area (Å²) in [6.07, 6.45) is 0. The summed E-state index contributed by atoms with van der Waals surface area (Å²) in [7, 11) is 2.86. The van der Waals surface area contributed by atoms with Crippen molar-refractivity contribution in [2.24, 2.45) is 14.1 Å². The summed E-state index contributed by atoms with van der Waals surface area (Å²) >= 11 is 0. The molecule has 2 aromatic heterocycles. The van der Waals surface area contributed by atoms with Crippen LogP contribution < -0.4 is 16.1 Å². The van der Waals surface area contributed by atoms with E-state index in [-0.39, 0.29) is 23.9 Å². The summed E-state index contributed by atoms with van der Waals surface area (Å²) in [5, 5.41) is 17.8. The van der Waals surface area contributed by atoms with Crippen LogP contribution in [0.1, 0.15) is 17.5 Å². The van der Waals surface area contributed by atoms with Gasteiger partial charge in [-0.05, 0) is 12.1 Å². The summed E-state index contributed by atoms with van der Waals surface area (Å²) in [4.78, 5) is 26.7. The molecule has 0 unspecified atom stereocenters. The molecule has 148 valence electrons. The minimum absolute atomic E-state index is 0.121. The van der Waals surface area contributed by atoms with Gasteiger partial charge < -0.3 is 14.1 Å². The zero-order valence-electron chi connectivity index (χ0n) is 15.9. The normalized spacial score (nSPS) is 16.6. The molecule has 1 aromatic carbocycles. The Labute approximate surface area is 165 Å². The van der Waals surface area contributed by atoms with Gasteiger partial charge in [0.1, 0.15) is 17.9 Å². The van der Waals surface area contributed by atoms with Gasteiger partial charge in [-0.25, -0.2) is 4.79 Å². The second kappa shape index (κ2) is 7.37. The van der Waals surface area contributed by atoms with E-state index in [4.69, 9.17) is 9.15 Å². The molecule has 10 nitrogen and oxygen atoms in total. The lowest BCUT2D eigenvalue weighted by atomic mass is 10.2. The predicted octanol–water partition coefficient (Wildman–Crippen LogP) is 0.584. The number of ether oxygens (including phenoxy) is 1. The van der Waals surface area contributed by atoms with Gasteiger partial charge in [0.05, 0.1) is 13.2 Å². The lowest BCUT2D eigenvalue weighted by Gasteiger charge is -2.36. The van der Waals surface area contributed by atoms with E-state index in [0.29, 0.717) is 19.0 Å². The monoisotopic (exact) mass is 394 g/mol. The van der Waals surface area contributed by atoms with Gasteiger partial charge in [0.15, 0.2) is 5.56 Å². The third-order valence-corrected chi connectivity index (χ3v) is 4.89. The first kappa shape index (κ1) is 18.6. The van der Waals surface area contributed by atoms with Crippen molar-refractivity contribution in [3.8, 4) is 17.5 Å². The summed E-state index contributed by atoms with van der Waals surface area (Å²) in [6, 6.07) is 10.7. The molecule has 0 radical (unpaired) electrons. The maximum atomic E-state index is 12.5. The molecule has 0 saturated carbocycles. The summed E-state index contributed by atoms with van der Waals surface area (Å²) in [5.74, 6) is 0.846. The number of hydrogen-bond acceptors (Lipinski definition) is 8. The SMILES string of the molecule is Cn1c(N2CCOC[C@@H]2c2nnc(-c3ccccc3)o2)c(C#N)c(=O)n(C)c1=O. The molecule has 1 fully saturated rings. The quantitative estimate of drug-likeness (QED) is 0.633. The molecule has 0 aliphatic carbocycles. The van der Waals surface area contributed by atoms with Crippen LogP contribution >= 0.6 is 0 Å². The average molecular weight is 394 g/mol. The van der Waals surface area contributed by atoms with Gasteiger partial charge in [0.25, 0.3) is 5.56 Å². The number of rotatable bonds is 3. The van der Waals surface area contributed by atoms with E-state index in [1.807, 2.05) is 36.4 Å². The standard InChI is InChI=1S/C19H18N6O4/c1-23-17(13(10-20)18(26)24(2)19(23)27)25-8-9-28-11-14(25)16-22-21-15(29-16)12-6-4-3-5-7-12/h3-7,14H,8-9,11H2,1-2H3/t14-/m1/s1. The highest BCUT2D eigenvalue weighted by atomic mass is 16.5. The molecule has 1 aliphatic rings. The highest BCUT2D eigenvalue weighted by Crippen LogP contribution is 2.31. The smallest absolute Gasteiger partial charge is 0.332 e. The Balaban J connectivity index is 1.81. The average Bonchev–Trinajstić information content (AvgIpc) is 3.25. The van der Waals surface area contributed by atoms with Crippen LogP contribution in [0, 0.1) is 11.3 Å². The fourth-order valence-electron chi connectivity index (χ4n) is 3.40. The number of nitrogens with zero attached hydrogens (tertiary/aromatic N) is 6. The molecular weight excluding hydrogens is 376 g/mol. The van der Waals surface area contributed by atoms with E-state index >= 15 is 0 Å². The van der Waals surface area contributed by atoms with Crippen LogP contribution in [0.2, 0.25) is 0 Å². The molecule has 4 rings (SSSR count). The molecule has 0 bridgehead atoms. The van der Waals surface area contributed by atoms with Crippen LogP contribution in [-0.4, -0.2) is 39.1 Å². The number of aromatic nitrogens is 4. The molecule has 3 aromatic rings. The Morgan fingerprint density at radius 1 is 1.14 bits per heavy atom. The predicted molar refractivity (Wildman–Crippen MR) is 102 cm³/mol. The van der Waals surface area contributed by atoms with Gasteiger partial charge in [0.2, 0.25) is 11.8 Å². The van der Waals surface area contributed by atoms with Gasteiger partial charge in [-0.1, -0.05) is 18.2 Å². The van der Waals surface area contributed by atoms with Crippen molar-refractivity contribution < 1.29 is 9.15 Å². The zero-order valence-corrected chi connectivity index (χ0v) is 15.9. The van der Waals surface area contributed by atoms with Crippen molar-refractivity contribution in [3.63, 3.8) is 0 Å². The molecule has 3 heterocycles. The topological polar surface area (TPSA) is 119 Å². The van der Waals surface area contributed by atoms with Gasteiger partial charge in [0, 0.05) is 26.2 Å². The number of anilines is 1. The second-order valence-corrected chi connectivity index (χ2v) is 6.61. The summed E-state index contributed by atoms with van der Waals surface area (Å²) in [6.45, 7) is 0.929. The molecule has 29 heavy (non-hydrogen) atoms. The van der Waals surface area contributed by atoms with Crippen molar-refractivity contribution >= 4 is 5.82 Å². The Hall–Kier alpha value is -3.71. The number of morpholine rings is 1. The van der Waals surface area contributed by atoms with Gasteiger partial charge in [-0.15, -0.1) is 10.2 Å². The molecule has 10 heteroatoms. The van der Waals surface area contributed by atoms with E-state index in [0.717, 1.165) is 10.1 Å². The largest absolute Gasteiger partial charge is 0.418 e. The third-order valence-electron chi connectivity index (χ3n) is 4.89. The van der Waals surface area contributed by atoms with E-state index in [1.54, 1.807) is 4.90 Å². The van der Waals surface area contributed by atoms with E-state index in [1.165, 1.54) is 18.7 Å². The fourth-order valence-corrected chi connectivity index (χ4v) is 3.40. The Morgan fingerprint density at radius 2 is 1.90 bits per heavy atom. The molecule has 0 N–H and O–H groups in total. The van der Waals surface area contributed by atoms with Crippen LogP contribution in [0.5, 0.6) is 0 Å². The molecule has 1 saturated heterocycles. The highest BCUT2D eigenvalue weighted by molar-refractivity contribution is 5.55. The van der Waals surface area contributed by atoms with Crippen LogP contribution in [-0.2, 0) is 18.8 Å². The molecule has 1 aliphatic heterocycles. The van der Waals surface area contributed by atoms with Crippen molar-refractivity contribution in [2.75, 3.05) is 24.7 Å². The minimum Gasteiger partial charge on any atom is -0.418 e. The van der Waals surface area contributed by atoms with Crippen LogP contribution in [0.25, 0.3) is 11.5 Å². The maximum Gasteiger partial charge on any atom is 0.332 e.